The van der Waals surface area contributed by atoms with Crippen molar-refractivity contribution in [1.82, 2.24) is 0 Å². The van der Waals surface area contributed by atoms with E-state index in [1.807, 2.05) is 25.1 Å². The quantitative estimate of drug-likeness (QED) is 0.836. The highest BCUT2D eigenvalue weighted by molar-refractivity contribution is 5.82. The van der Waals surface area contributed by atoms with Crippen molar-refractivity contribution in [2.45, 2.75) is 19.4 Å². The molecule has 1 aromatic heterocycles. The molecule has 1 atom stereocenters. The zero-order chi connectivity index (χ0) is 10.8. The van der Waals surface area contributed by atoms with Gasteiger partial charge < -0.3 is 14.9 Å². The first kappa shape index (κ1) is 10.1. The first-order valence-corrected chi connectivity index (χ1v) is 5.00. The Kier molecular flexibility index (Phi) is 2.64. The third-order valence-corrected chi connectivity index (χ3v) is 2.40. The van der Waals surface area contributed by atoms with Gasteiger partial charge in [-0.15, -0.1) is 0 Å². The van der Waals surface area contributed by atoms with E-state index in [0.717, 1.165) is 28.7 Å². The van der Waals surface area contributed by atoms with Gasteiger partial charge in [0, 0.05) is 11.4 Å². The fourth-order valence-electron chi connectivity index (χ4n) is 1.69. The van der Waals surface area contributed by atoms with Crippen LogP contribution in [0.25, 0.3) is 11.0 Å². The lowest BCUT2D eigenvalue weighted by Crippen LogP contribution is -2.17. The van der Waals surface area contributed by atoms with E-state index in [0.29, 0.717) is 0 Å². The van der Waals surface area contributed by atoms with Gasteiger partial charge in [-0.1, -0.05) is 0 Å². The fraction of sp³-hybridized carbons (Fsp3) is 0.333. The molecule has 3 nitrogen and oxygen atoms in total. The summed E-state index contributed by atoms with van der Waals surface area (Å²) in [5, 5.41) is 1.09. The molecule has 0 spiro atoms. The highest BCUT2D eigenvalue weighted by Crippen LogP contribution is 2.26. The maximum Gasteiger partial charge on any atom is 0.134 e. The van der Waals surface area contributed by atoms with Crippen molar-refractivity contribution in [2.75, 3.05) is 7.11 Å². The van der Waals surface area contributed by atoms with Crippen molar-refractivity contribution in [2.24, 2.45) is 5.73 Å². The van der Waals surface area contributed by atoms with Crippen LogP contribution in [0.2, 0.25) is 0 Å². The zero-order valence-corrected chi connectivity index (χ0v) is 8.99. The largest absolute Gasteiger partial charge is 0.497 e. The molecule has 2 rings (SSSR count). The van der Waals surface area contributed by atoms with Crippen LogP contribution >= 0.6 is 0 Å². The Labute approximate surface area is 88.8 Å². The number of hydrogen-bond acceptors (Lipinski definition) is 3. The van der Waals surface area contributed by atoms with Crippen molar-refractivity contribution in [3.05, 3.63) is 30.0 Å². The summed E-state index contributed by atoms with van der Waals surface area (Å²) in [6.07, 6.45) is 2.59. The predicted octanol–water partition coefficient (Wildman–Crippen LogP) is 2.33. The molecule has 0 aliphatic rings. The Morgan fingerprint density at radius 2 is 2.27 bits per heavy atom. The molecule has 3 heteroatoms. The molecular weight excluding hydrogens is 190 g/mol. The summed E-state index contributed by atoms with van der Waals surface area (Å²) in [7, 11) is 1.66. The van der Waals surface area contributed by atoms with Crippen LogP contribution in [0, 0.1) is 0 Å². The Morgan fingerprint density at radius 3 is 2.93 bits per heavy atom. The normalized spacial score (nSPS) is 13.0. The Morgan fingerprint density at radius 1 is 1.47 bits per heavy atom. The Hall–Kier alpha value is -1.48. The summed E-state index contributed by atoms with van der Waals surface area (Å²) in [5.41, 5.74) is 7.79. The summed E-state index contributed by atoms with van der Waals surface area (Å²) in [6, 6.07) is 5.92. The zero-order valence-electron chi connectivity index (χ0n) is 8.99. The van der Waals surface area contributed by atoms with E-state index in [1.54, 1.807) is 13.4 Å². The highest BCUT2D eigenvalue weighted by atomic mass is 16.5. The van der Waals surface area contributed by atoms with Crippen LogP contribution < -0.4 is 10.5 Å². The number of rotatable bonds is 3. The predicted molar refractivity (Wildman–Crippen MR) is 60.1 cm³/mol. The maximum atomic E-state index is 5.77. The molecule has 0 aliphatic heterocycles. The first-order chi connectivity index (χ1) is 7.20. The lowest BCUT2D eigenvalue weighted by molar-refractivity contribution is 0.415. The molecule has 0 radical (unpaired) electrons. The molecule has 1 aromatic carbocycles. The van der Waals surface area contributed by atoms with Crippen LogP contribution in [-0.2, 0) is 6.42 Å². The summed E-state index contributed by atoms with van der Waals surface area (Å²) in [6.45, 7) is 1.99. The number of furan rings is 1. The minimum absolute atomic E-state index is 0.136. The molecule has 1 heterocycles. The van der Waals surface area contributed by atoms with Crippen molar-refractivity contribution >= 4 is 11.0 Å². The molecule has 2 N–H and O–H groups in total. The second kappa shape index (κ2) is 3.95. The van der Waals surface area contributed by atoms with Gasteiger partial charge in [-0.25, -0.2) is 0 Å². The van der Waals surface area contributed by atoms with Gasteiger partial charge in [-0.3, -0.25) is 0 Å². The van der Waals surface area contributed by atoms with Gasteiger partial charge in [-0.05, 0) is 37.1 Å². The number of nitrogens with two attached hydrogens (primary N) is 1. The van der Waals surface area contributed by atoms with E-state index in [2.05, 4.69) is 0 Å². The molecule has 0 amide bonds. The minimum Gasteiger partial charge on any atom is -0.497 e. The Bertz CT molecular complexity index is 460. The standard InChI is InChI=1S/C12H15NO2/c1-8(13)5-9-7-15-12-4-3-10(14-2)6-11(9)12/h3-4,6-8H,5,13H2,1-2H3/t8-/m0/s1. The molecule has 0 fully saturated rings. The lowest BCUT2D eigenvalue weighted by atomic mass is 10.1. The van der Waals surface area contributed by atoms with Gasteiger partial charge in [0.25, 0.3) is 0 Å². The minimum atomic E-state index is 0.136. The monoisotopic (exact) mass is 205 g/mol. The van der Waals surface area contributed by atoms with Crippen LogP contribution in [0.4, 0.5) is 0 Å². The molecular formula is C12H15NO2. The van der Waals surface area contributed by atoms with Gasteiger partial charge in [0.1, 0.15) is 11.3 Å². The second-order valence-electron chi connectivity index (χ2n) is 3.80. The van der Waals surface area contributed by atoms with Crippen molar-refractivity contribution < 1.29 is 9.15 Å². The summed E-state index contributed by atoms with van der Waals surface area (Å²) in [5.74, 6) is 0.842. The summed E-state index contributed by atoms with van der Waals surface area (Å²) < 4.78 is 10.6. The van der Waals surface area contributed by atoms with Crippen LogP contribution in [0.1, 0.15) is 12.5 Å². The van der Waals surface area contributed by atoms with Crippen LogP contribution in [0.3, 0.4) is 0 Å². The van der Waals surface area contributed by atoms with Crippen LogP contribution in [0.15, 0.2) is 28.9 Å². The molecule has 0 aliphatic carbocycles. The van der Waals surface area contributed by atoms with Crippen LogP contribution in [-0.4, -0.2) is 13.2 Å². The number of benzene rings is 1. The fourth-order valence-corrected chi connectivity index (χ4v) is 1.69. The van der Waals surface area contributed by atoms with Crippen LogP contribution in [0.5, 0.6) is 5.75 Å². The van der Waals surface area contributed by atoms with E-state index in [9.17, 15) is 0 Å². The first-order valence-electron chi connectivity index (χ1n) is 5.00. The van der Waals surface area contributed by atoms with E-state index >= 15 is 0 Å². The van der Waals surface area contributed by atoms with Gasteiger partial charge in [-0.2, -0.15) is 0 Å². The third kappa shape index (κ3) is 1.97. The van der Waals surface area contributed by atoms with Crippen molar-refractivity contribution in [3.63, 3.8) is 0 Å². The number of hydrogen-bond donors (Lipinski definition) is 1. The van der Waals surface area contributed by atoms with E-state index < -0.39 is 0 Å². The molecule has 0 saturated carbocycles. The van der Waals surface area contributed by atoms with E-state index in [-0.39, 0.29) is 6.04 Å². The van der Waals surface area contributed by atoms with Gasteiger partial charge >= 0.3 is 0 Å². The molecule has 0 bridgehead atoms. The number of fused-ring (bicyclic) bond motifs is 1. The van der Waals surface area contributed by atoms with Crippen molar-refractivity contribution in [3.8, 4) is 5.75 Å². The van der Waals surface area contributed by atoms with E-state index in [4.69, 9.17) is 14.9 Å². The molecule has 80 valence electrons. The lowest BCUT2D eigenvalue weighted by Gasteiger charge is -2.03. The number of methoxy groups -OCH3 is 1. The Balaban J connectivity index is 2.46. The molecule has 15 heavy (non-hydrogen) atoms. The summed E-state index contributed by atoms with van der Waals surface area (Å²) in [4.78, 5) is 0. The maximum absolute atomic E-state index is 5.77. The van der Waals surface area contributed by atoms with Gasteiger partial charge in [0.2, 0.25) is 0 Å². The SMILES string of the molecule is COc1ccc2occ(C[C@H](C)N)c2c1. The third-order valence-electron chi connectivity index (χ3n) is 2.40. The van der Waals surface area contributed by atoms with Gasteiger partial charge in [0.05, 0.1) is 13.4 Å². The molecule has 0 saturated heterocycles. The second-order valence-corrected chi connectivity index (χ2v) is 3.80. The van der Waals surface area contributed by atoms with Crippen molar-refractivity contribution in [1.29, 1.82) is 0 Å². The summed E-state index contributed by atoms with van der Waals surface area (Å²) >= 11 is 0. The topological polar surface area (TPSA) is 48.4 Å². The van der Waals surface area contributed by atoms with Gasteiger partial charge in [0.15, 0.2) is 0 Å². The molecule has 0 unspecified atom stereocenters. The molecule has 2 aromatic rings. The van der Waals surface area contributed by atoms with E-state index in [1.165, 1.54) is 0 Å². The highest BCUT2D eigenvalue weighted by Gasteiger charge is 2.08. The number of ether oxygens (including phenoxy) is 1. The average Bonchev–Trinajstić information content (AvgIpc) is 2.60. The average molecular weight is 205 g/mol. The smallest absolute Gasteiger partial charge is 0.134 e.